The molecule has 0 amide bonds. The molecule has 1 aromatic rings. The fraction of sp³-hybridized carbons (Fsp3) is 0.750. The molecule has 0 unspecified atom stereocenters. The summed E-state index contributed by atoms with van der Waals surface area (Å²) in [5.74, 6) is 1.60. The molecular weight excluding hydrogens is 248 g/mol. The van der Waals surface area contributed by atoms with Gasteiger partial charge in [-0.1, -0.05) is 33.6 Å². The molecule has 20 heavy (non-hydrogen) atoms. The Kier molecular flexibility index (Phi) is 4.97. The van der Waals surface area contributed by atoms with Crippen molar-refractivity contribution in [2.45, 2.75) is 64.2 Å². The molecule has 0 saturated heterocycles. The van der Waals surface area contributed by atoms with Crippen LogP contribution < -0.4 is 11.1 Å². The molecule has 1 heterocycles. The Morgan fingerprint density at radius 1 is 1.30 bits per heavy atom. The van der Waals surface area contributed by atoms with Crippen LogP contribution in [0.4, 0.5) is 5.69 Å². The quantitative estimate of drug-likeness (QED) is 0.811. The smallest absolute Gasteiger partial charge is 0.131 e. The highest BCUT2D eigenvalue weighted by Gasteiger charge is 2.25. The van der Waals surface area contributed by atoms with E-state index in [-0.39, 0.29) is 5.41 Å². The summed E-state index contributed by atoms with van der Waals surface area (Å²) in [5, 5.41) is 3.43. The maximum absolute atomic E-state index is 5.55. The van der Waals surface area contributed by atoms with Crippen molar-refractivity contribution in [1.82, 2.24) is 9.97 Å². The van der Waals surface area contributed by atoms with Gasteiger partial charge in [0.2, 0.25) is 0 Å². The van der Waals surface area contributed by atoms with Crippen LogP contribution in [0.15, 0.2) is 6.20 Å². The molecule has 1 aromatic heterocycles. The third-order valence-corrected chi connectivity index (χ3v) is 3.93. The van der Waals surface area contributed by atoms with E-state index in [2.05, 4.69) is 31.1 Å². The molecule has 0 aromatic carbocycles. The van der Waals surface area contributed by atoms with E-state index in [1.807, 2.05) is 6.20 Å². The monoisotopic (exact) mass is 276 g/mol. The summed E-state index contributed by atoms with van der Waals surface area (Å²) in [4.78, 5) is 9.51. The molecule has 1 fully saturated rings. The number of aromatic nitrogens is 2. The molecule has 0 bridgehead atoms. The van der Waals surface area contributed by atoms with Crippen LogP contribution in [-0.4, -0.2) is 23.1 Å². The minimum absolute atomic E-state index is 0.0291. The van der Waals surface area contributed by atoms with Crippen molar-refractivity contribution in [1.29, 1.82) is 0 Å². The molecule has 0 atom stereocenters. The van der Waals surface area contributed by atoms with Crippen molar-refractivity contribution < 1.29 is 0 Å². The summed E-state index contributed by atoms with van der Waals surface area (Å²) in [6.45, 7) is 8.22. The first kappa shape index (κ1) is 15.2. The molecule has 3 N–H and O–H groups in total. The van der Waals surface area contributed by atoms with Gasteiger partial charge in [-0.25, -0.2) is 9.97 Å². The summed E-state index contributed by atoms with van der Waals surface area (Å²) in [5.41, 5.74) is 7.77. The van der Waals surface area contributed by atoms with E-state index in [9.17, 15) is 0 Å². The molecule has 1 aliphatic rings. The van der Waals surface area contributed by atoms with Crippen LogP contribution in [0.5, 0.6) is 0 Å². The van der Waals surface area contributed by atoms with Crippen LogP contribution in [0.3, 0.4) is 0 Å². The van der Waals surface area contributed by atoms with E-state index in [1.54, 1.807) is 0 Å². The standard InChI is InChI=1S/C16H28N4/c1-16(2,3)14-13(18-10-6-9-17)11-19-15(20-14)12-7-4-5-8-12/h11-12,18H,4-10,17H2,1-3H3. The van der Waals surface area contributed by atoms with Crippen LogP contribution in [-0.2, 0) is 5.41 Å². The average Bonchev–Trinajstić information content (AvgIpc) is 2.92. The highest BCUT2D eigenvalue weighted by Crippen LogP contribution is 2.34. The van der Waals surface area contributed by atoms with Crippen molar-refractivity contribution in [3.8, 4) is 0 Å². The Balaban J connectivity index is 2.23. The predicted octanol–water partition coefficient (Wildman–Crippen LogP) is 3.19. The summed E-state index contributed by atoms with van der Waals surface area (Å²) in [6, 6.07) is 0. The lowest BCUT2D eigenvalue weighted by Crippen LogP contribution is -2.20. The molecule has 0 aliphatic heterocycles. The van der Waals surface area contributed by atoms with Crippen LogP contribution in [0.2, 0.25) is 0 Å². The minimum atomic E-state index is 0.0291. The Hall–Kier alpha value is -1.16. The zero-order valence-electron chi connectivity index (χ0n) is 13.1. The van der Waals surface area contributed by atoms with Gasteiger partial charge < -0.3 is 11.1 Å². The maximum Gasteiger partial charge on any atom is 0.131 e. The summed E-state index contributed by atoms with van der Waals surface area (Å²) in [6.07, 6.45) is 8.05. The van der Waals surface area contributed by atoms with E-state index < -0.39 is 0 Å². The zero-order valence-corrected chi connectivity index (χ0v) is 13.1. The fourth-order valence-corrected chi connectivity index (χ4v) is 2.80. The van der Waals surface area contributed by atoms with Crippen LogP contribution in [0.25, 0.3) is 0 Å². The highest BCUT2D eigenvalue weighted by molar-refractivity contribution is 5.49. The van der Waals surface area contributed by atoms with Gasteiger partial charge in [-0.3, -0.25) is 0 Å². The first-order valence-electron chi connectivity index (χ1n) is 7.83. The van der Waals surface area contributed by atoms with Gasteiger partial charge in [0.25, 0.3) is 0 Å². The molecule has 4 nitrogen and oxygen atoms in total. The second-order valence-corrected chi connectivity index (χ2v) is 6.79. The molecule has 4 heteroatoms. The molecule has 1 aliphatic carbocycles. The van der Waals surface area contributed by atoms with Crippen molar-refractivity contribution in [3.63, 3.8) is 0 Å². The lowest BCUT2D eigenvalue weighted by Gasteiger charge is -2.23. The molecular formula is C16H28N4. The number of rotatable bonds is 5. The van der Waals surface area contributed by atoms with Gasteiger partial charge in [0.05, 0.1) is 17.6 Å². The number of hydrogen-bond acceptors (Lipinski definition) is 4. The molecule has 1 saturated carbocycles. The topological polar surface area (TPSA) is 63.8 Å². The third kappa shape index (κ3) is 3.69. The van der Waals surface area contributed by atoms with Gasteiger partial charge in [-0.05, 0) is 25.8 Å². The second kappa shape index (κ2) is 6.53. The molecule has 0 spiro atoms. The van der Waals surface area contributed by atoms with E-state index in [0.717, 1.165) is 30.2 Å². The van der Waals surface area contributed by atoms with Crippen molar-refractivity contribution >= 4 is 5.69 Å². The first-order chi connectivity index (χ1) is 9.52. The van der Waals surface area contributed by atoms with E-state index in [4.69, 9.17) is 10.7 Å². The van der Waals surface area contributed by atoms with Gasteiger partial charge in [0.1, 0.15) is 5.82 Å². The maximum atomic E-state index is 5.55. The van der Waals surface area contributed by atoms with Crippen molar-refractivity contribution in [2.75, 3.05) is 18.4 Å². The number of anilines is 1. The minimum Gasteiger partial charge on any atom is -0.382 e. The van der Waals surface area contributed by atoms with Gasteiger partial charge in [-0.2, -0.15) is 0 Å². The largest absolute Gasteiger partial charge is 0.382 e. The predicted molar refractivity (Wildman–Crippen MR) is 84.1 cm³/mol. The number of nitrogens with two attached hydrogens (primary N) is 1. The summed E-state index contributed by atoms with van der Waals surface area (Å²) < 4.78 is 0. The SMILES string of the molecule is CC(C)(C)c1nc(C2CCCC2)ncc1NCCCN. The van der Waals surface area contributed by atoms with E-state index >= 15 is 0 Å². The Labute approximate surface area is 122 Å². The van der Waals surface area contributed by atoms with E-state index in [0.29, 0.717) is 12.5 Å². The number of nitrogens with one attached hydrogen (secondary N) is 1. The second-order valence-electron chi connectivity index (χ2n) is 6.79. The van der Waals surface area contributed by atoms with Crippen LogP contribution in [0, 0.1) is 0 Å². The van der Waals surface area contributed by atoms with Crippen LogP contribution in [0.1, 0.15) is 70.3 Å². The van der Waals surface area contributed by atoms with E-state index in [1.165, 1.54) is 25.7 Å². The van der Waals surface area contributed by atoms with Gasteiger partial charge in [-0.15, -0.1) is 0 Å². The Morgan fingerprint density at radius 2 is 2.00 bits per heavy atom. The zero-order chi connectivity index (χ0) is 14.6. The lowest BCUT2D eigenvalue weighted by molar-refractivity contribution is 0.553. The van der Waals surface area contributed by atoms with Crippen LogP contribution >= 0.6 is 0 Å². The highest BCUT2D eigenvalue weighted by atomic mass is 15.0. The Morgan fingerprint density at radius 3 is 2.60 bits per heavy atom. The number of nitrogens with zero attached hydrogens (tertiary/aromatic N) is 2. The summed E-state index contributed by atoms with van der Waals surface area (Å²) in [7, 11) is 0. The van der Waals surface area contributed by atoms with Crippen molar-refractivity contribution in [3.05, 3.63) is 17.7 Å². The molecule has 112 valence electrons. The lowest BCUT2D eigenvalue weighted by atomic mass is 9.90. The first-order valence-corrected chi connectivity index (χ1v) is 7.83. The van der Waals surface area contributed by atoms with Gasteiger partial charge >= 0.3 is 0 Å². The average molecular weight is 276 g/mol. The molecule has 2 rings (SSSR count). The fourth-order valence-electron chi connectivity index (χ4n) is 2.80. The summed E-state index contributed by atoms with van der Waals surface area (Å²) >= 11 is 0. The van der Waals surface area contributed by atoms with Gasteiger partial charge in [0, 0.05) is 17.9 Å². The molecule has 0 radical (unpaired) electrons. The third-order valence-electron chi connectivity index (χ3n) is 3.93. The van der Waals surface area contributed by atoms with Crippen molar-refractivity contribution in [2.24, 2.45) is 5.73 Å². The Bertz CT molecular complexity index is 431. The number of hydrogen-bond donors (Lipinski definition) is 2. The normalized spacial score (nSPS) is 16.6. The van der Waals surface area contributed by atoms with Gasteiger partial charge in [0.15, 0.2) is 0 Å².